The predicted octanol–water partition coefficient (Wildman–Crippen LogP) is -0.429. The fourth-order valence-corrected chi connectivity index (χ4v) is 3.20. The van der Waals surface area contributed by atoms with E-state index in [0.717, 1.165) is 0 Å². The van der Waals surface area contributed by atoms with Crippen LogP contribution in [-0.2, 0) is 0 Å². The Morgan fingerprint density at radius 3 is 2.20 bits per heavy atom. The summed E-state index contributed by atoms with van der Waals surface area (Å²) in [7, 11) is 0. The number of hydrogen-bond acceptors (Lipinski definition) is 5. The highest BCUT2D eigenvalue weighted by molar-refractivity contribution is 4.95. The predicted molar refractivity (Wildman–Crippen MR) is 67.4 cm³/mol. The Morgan fingerprint density at radius 1 is 1.05 bits per heavy atom. The van der Waals surface area contributed by atoms with Gasteiger partial charge in [0.1, 0.15) is 12.2 Å². The van der Waals surface area contributed by atoms with Crippen LogP contribution < -0.4 is 0 Å². The zero-order chi connectivity index (χ0) is 14.9. The van der Waals surface area contributed by atoms with Crippen molar-refractivity contribution < 1.29 is 29.2 Å². The topological polar surface area (TPSA) is 84.2 Å². The second-order valence-electron chi connectivity index (χ2n) is 6.05. The number of aliphatic hydroxyl groups is 4. The second-order valence-corrected chi connectivity index (χ2v) is 6.05. The summed E-state index contributed by atoms with van der Waals surface area (Å²) < 4.78 is 26.2. The van der Waals surface area contributed by atoms with Crippen molar-refractivity contribution in [3.63, 3.8) is 0 Å². The number of alkyl halides is 2. The molecular formula is C13H23F2NO4. The highest BCUT2D eigenvalue weighted by Crippen LogP contribution is 2.37. The Bertz CT molecular complexity index is 321. The molecule has 1 heterocycles. The fraction of sp³-hybridized carbons (Fsp3) is 1.00. The molecule has 2 aliphatic rings. The molecule has 1 saturated carbocycles. The van der Waals surface area contributed by atoms with Crippen LogP contribution in [0.3, 0.4) is 0 Å². The second kappa shape index (κ2) is 6.19. The van der Waals surface area contributed by atoms with Crippen molar-refractivity contribution in [2.45, 2.75) is 56.0 Å². The first kappa shape index (κ1) is 16.0. The van der Waals surface area contributed by atoms with Gasteiger partial charge in [0.25, 0.3) is 0 Å². The lowest BCUT2D eigenvalue weighted by molar-refractivity contribution is -0.149. The number of piperidine rings is 1. The van der Waals surface area contributed by atoms with Gasteiger partial charge in [-0.25, -0.2) is 8.78 Å². The van der Waals surface area contributed by atoms with Crippen LogP contribution in [0.25, 0.3) is 0 Å². The lowest BCUT2D eigenvalue weighted by atomic mass is 9.85. The van der Waals surface area contributed by atoms with Gasteiger partial charge in [-0.05, 0) is 18.8 Å². The number of hydrogen-bond donors (Lipinski definition) is 4. The van der Waals surface area contributed by atoms with Crippen molar-refractivity contribution in [2.24, 2.45) is 5.92 Å². The summed E-state index contributed by atoms with van der Waals surface area (Å²) in [6, 6.07) is -0.657. The van der Waals surface area contributed by atoms with Crippen LogP contribution in [-0.4, -0.2) is 75.3 Å². The zero-order valence-electron chi connectivity index (χ0n) is 11.3. The summed E-state index contributed by atoms with van der Waals surface area (Å²) in [6.45, 7) is 0.242. The first-order valence-electron chi connectivity index (χ1n) is 7.11. The van der Waals surface area contributed by atoms with Crippen molar-refractivity contribution in [1.82, 2.24) is 4.90 Å². The number of rotatable bonds is 3. The maximum atomic E-state index is 13.1. The molecule has 0 aromatic heterocycles. The first-order chi connectivity index (χ1) is 9.34. The van der Waals surface area contributed by atoms with Gasteiger partial charge >= 0.3 is 0 Å². The molecule has 1 saturated heterocycles. The maximum absolute atomic E-state index is 13.1. The minimum Gasteiger partial charge on any atom is -0.395 e. The summed E-state index contributed by atoms with van der Waals surface area (Å²) in [4.78, 5) is 1.70. The molecule has 1 aliphatic carbocycles. The largest absolute Gasteiger partial charge is 0.395 e. The lowest BCUT2D eigenvalue weighted by Crippen LogP contribution is -2.63. The average molecular weight is 295 g/mol. The molecule has 0 bridgehead atoms. The minimum absolute atomic E-state index is 0.0679. The van der Waals surface area contributed by atoms with E-state index in [1.165, 1.54) is 0 Å². The van der Waals surface area contributed by atoms with Gasteiger partial charge in [0.15, 0.2) is 0 Å². The number of β-amino-alcohol motifs (C(OH)–C–C–N with tert-alkyl or cyclic N) is 1. The molecule has 2 rings (SSSR count). The van der Waals surface area contributed by atoms with Crippen LogP contribution in [0.4, 0.5) is 8.78 Å². The van der Waals surface area contributed by atoms with Crippen LogP contribution in [0.15, 0.2) is 0 Å². The molecule has 1 aliphatic heterocycles. The summed E-state index contributed by atoms with van der Waals surface area (Å²) in [5.74, 6) is -2.51. The average Bonchev–Trinajstić information content (AvgIpc) is 2.39. The molecular weight excluding hydrogens is 272 g/mol. The van der Waals surface area contributed by atoms with E-state index < -0.39 is 30.3 Å². The molecule has 0 radical (unpaired) electrons. The number of nitrogens with zero attached hydrogens (tertiary/aromatic N) is 1. The van der Waals surface area contributed by atoms with Crippen molar-refractivity contribution >= 4 is 0 Å². The van der Waals surface area contributed by atoms with E-state index in [-0.39, 0.29) is 31.9 Å². The molecule has 4 atom stereocenters. The Hall–Kier alpha value is -0.340. The number of halogens is 2. The van der Waals surface area contributed by atoms with E-state index in [4.69, 9.17) is 0 Å². The quantitative estimate of drug-likeness (QED) is 0.568. The maximum Gasteiger partial charge on any atom is 0.248 e. The molecule has 0 amide bonds. The van der Waals surface area contributed by atoms with Crippen molar-refractivity contribution in [3.05, 3.63) is 0 Å². The van der Waals surface area contributed by atoms with Gasteiger partial charge in [-0.15, -0.1) is 0 Å². The third kappa shape index (κ3) is 3.46. The van der Waals surface area contributed by atoms with Gasteiger partial charge in [0.2, 0.25) is 5.92 Å². The molecule has 20 heavy (non-hydrogen) atoms. The Morgan fingerprint density at radius 2 is 1.65 bits per heavy atom. The monoisotopic (exact) mass is 295 g/mol. The fourth-order valence-electron chi connectivity index (χ4n) is 3.20. The Kier molecular flexibility index (Phi) is 4.96. The SMILES string of the molecule is OC[C@H]1[C@@H](O)[C@H](O)[C@@H](O)CN1CC1CCC(F)(F)CC1. The molecule has 0 spiro atoms. The highest BCUT2D eigenvalue weighted by Gasteiger charge is 2.42. The van der Waals surface area contributed by atoms with E-state index in [9.17, 15) is 29.2 Å². The molecule has 0 unspecified atom stereocenters. The van der Waals surface area contributed by atoms with E-state index in [0.29, 0.717) is 19.4 Å². The third-order valence-corrected chi connectivity index (χ3v) is 4.55. The zero-order valence-corrected chi connectivity index (χ0v) is 11.3. The van der Waals surface area contributed by atoms with Crippen molar-refractivity contribution in [3.8, 4) is 0 Å². The summed E-state index contributed by atoms with van der Waals surface area (Å²) in [5.41, 5.74) is 0. The smallest absolute Gasteiger partial charge is 0.248 e. The molecule has 7 heteroatoms. The first-order valence-corrected chi connectivity index (χ1v) is 7.11. The van der Waals surface area contributed by atoms with E-state index in [1.807, 2.05) is 0 Å². The van der Waals surface area contributed by atoms with Gasteiger partial charge in [0, 0.05) is 25.9 Å². The van der Waals surface area contributed by atoms with Crippen LogP contribution >= 0.6 is 0 Å². The van der Waals surface area contributed by atoms with Gasteiger partial charge in [-0.2, -0.15) is 0 Å². The summed E-state index contributed by atoms with van der Waals surface area (Å²) in [6.07, 6.45) is -3.07. The Labute approximate surface area is 116 Å². The normalized spacial score (nSPS) is 39.9. The number of aliphatic hydroxyl groups excluding tert-OH is 4. The third-order valence-electron chi connectivity index (χ3n) is 4.55. The van der Waals surface area contributed by atoms with Gasteiger partial charge in [0.05, 0.1) is 18.8 Å². The van der Waals surface area contributed by atoms with Crippen LogP contribution in [0.2, 0.25) is 0 Å². The number of likely N-dealkylation sites (tertiary alicyclic amines) is 1. The molecule has 118 valence electrons. The molecule has 2 fully saturated rings. The van der Waals surface area contributed by atoms with Crippen LogP contribution in [0, 0.1) is 5.92 Å². The molecule has 0 aromatic carbocycles. The van der Waals surface area contributed by atoms with Crippen LogP contribution in [0.1, 0.15) is 25.7 Å². The minimum atomic E-state index is -2.58. The summed E-state index contributed by atoms with van der Waals surface area (Å²) >= 11 is 0. The van der Waals surface area contributed by atoms with Crippen molar-refractivity contribution in [1.29, 1.82) is 0 Å². The highest BCUT2D eigenvalue weighted by atomic mass is 19.3. The van der Waals surface area contributed by atoms with E-state index in [1.54, 1.807) is 4.90 Å². The van der Waals surface area contributed by atoms with Gasteiger partial charge in [-0.1, -0.05) is 0 Å². The van der Waals surface area contributed by atoms with Gasteiger partial charge in [-0.3, -0.25) is 4.90 Å². The lowest BCUT2D eigenvalue weighted by Gasteiger charge is -2.45. The van der Waals surface area contributed by atoms with E-state index >= 15 is 0 Å². The molecule has 0 aromatic rings. The van der Waals surface area contributed by atoms with Gasteiger partial charge < -0.3 is 20.4 Å². The van der Waals surface area contributed by atoms with Crippen molar-refractivity contribution in [2.75, 3.05) is 19.7 Å². The standard InChI is InChI=1S/C13H23F2NO4/c14-13(15)3-1-8(2-4-13)5-16-6-10(18)12(20)11(19)9(16)7-17/h8-12,17-20H,1-7H2/t9-,10-,11+,12+/m0/s1. The van der Waals surface area contributed by atoms with Crippen LogP contribution in [0.5, 0.6) is 0 Å². The van der Waals surface area contributed by atoms with E-state index in [2.05, 4.69) is 0 Å². The Balaban J connectivity index is 1.94. The molecule has 5 nitrogen and oxygen atoms in total. The summed E-state index contributed by atoms with van der Waals surface area (Å²) in [5, 5.41) is 38.5. The molecule has 4 N–H and O–H groups in total.